The number of anilines is 2. The van der Waals surface area contributed by atoms with E-state index in [0.717, 1.165) is 42.5 Å². The first-order chi connectivity index (χ1) is 13.6. The Labute approximate surface area is 168 Å². The van der Waals surface area contributed by atoms with Crippen molar-refractivity contribution in [1.29, 1.82) is 0 Å². The van der Waals surface area contributed by atoms with Crippen LogP contribution in [0.2, 0.25) is 0 Å². The van der Waals surface area contributed by atoms with Gasteiger partial charge in [-0.1, -0.05) is 30.3 Å². The second-order valence-electron chi connectivity index (χ2n) is 7.06. The van der Waals surface area contributed by atoms with Crippen LogP contribution in [0.3, 0.4) is 0 Å². The van der Waals surface area contributed by atoms with E-state index in [1.807, 2.05) is 49.4 Å². The van der Waals surface area contributed by atoms with Crippen LogP contribution < -0.4 is 10.6 Å². The van der Waals surface area contributed by atoms with Gasteiger partial charge in [-0.05, 0) is 68.0 Å². The summed E-state index contributed by atoms with van der Waals surface area (Å²) in [5.74, 6) is -0.350. The molecule has 0 bridgehead atoms. The quantitative estimate of drug-likeness (QED) is 0.623. The van der Waals surface area contributed by atoms with E-state index < -0.39 is 0 Å². The largest absolute Gasteiger partial charge is 0.322 e. The van der Waals surface area contributed by atoms with Crippen LogP contribution in [-0.4, -0.2) is 11.8 Å². The summed E-state index contributed by atoms with van der Waals surface area (Å²) in [7, 11) is 0. The molecule has 1 heterocycles. The van der Waals surface area contributed by atoms with Crippen molar-refractivity contribution in [2.24, 2.45) is 0 Å². The minimum Gasteiger partial charge on any atom is -0.322 e. The molecule has 1 aliphatic rings. The molecule has 2 aromatic carbocycles. The number of rotatable bonds is 4. The van der Waals surface area contributed by atoms with Gasteiger partial charge in [0.1, 0.15) is 5.00 Å². The number of hydrogen-bond acceptors (Lipinski definition) is 3. The van der Waals surface area contributed by atoms with E-state index in [-0.39, 0.29) is 11.8 Å². The summed E-state index contributed by atoms with van der Waals surface area (Å²) in [6, 6.07) is 16.8. The molecule has 0 fully saturated rings. The van der Waals surface area contributed by atoms with Crippen LogP contribution in [-0.2, 0) is 12.8 Å². The Morgan fingerprint density at radius 2 is 1.68 bits per heavy atom. The van der Waals surface area contributed by atoms with Crippen molar-refractivity contribution in [2.45, 2.75) is 32.6 Å². The number of carbonyl (C=O) groups is 2. The van der Waals surface area contributed by atoms with Crippen molar-refractivity contribution in [3.63, 3.8) is 0 Å². The number of amides is 2. The zero-order chi connectivity index (χ0) is 19.5. The second kappa shape index (κ2) is 7.98. The van der Waals surface area contributed by atoms with Crippen LogP contribution in [0.5, 0.6) is 0 Å². The zero-order valence-electron chi connectivity index (χ0n) is 15.7. The SMILES string of the molecule is Cc1cccc(NC(=O)c2c(NC(=O)c3ccccc3)sc3c2CCCC3)c1. The van der Waals surface area contributed by atoms with Gasteiger partial charge < -0.3 is 10.6 Å². The summed E-state index contributed by atoms with van der Waals surface area (Å²) in [6.45, 7) is 1.99. The highest BCUT2D eigenvalue weighted by molar-refractivity contribution is 7.17. The zero-order valence-corrected chi connectivity index (χ0v) is 16.6. The second-order valence-corrected chi connectivity index (χ2v) is 8.16. The molecule has 2 N–H and O–H groups in total. The van der Waals surface area contributed by atoms with Gasteiger partial charge in [0.15, 0.2) is 0 Å². The van der Waals surface area contributed by atoms with Crippen LogP contribution in [0, 0.1) is 6.92 Å². The third-order valence-electron chi connectivity index (χ3n) is 4.94. The van der Waals surface area contributed by atoms with E-state index in [4.69, 9.17) is 0 Å². The van der Waals surface area contributed by atoms with Crippen molar-refractivity contribution < 1.29 is 9.59 Å². The van der Waals surface area contributed by atoms with Gasteiger partial charge in [0, 0.05) is 16.1 Å². The number of nitrogens with one attached hydrogen (secondary N) is 2. The average Bonchev–Trinajstić information content (AvgIpc) is 3.06. The summed E-state index contributed by atoms with van der Waals surface area (Å²) in [5.41, 5.74) is 4.14. The molecule has 4 rings (SSSR count). The van der Waals surface area contributed by atoms with Crippen molar-refractivity contribution in [1.82, 2.24) is 0 Å². The van der Waals surface area contributed by atoms with Gasteiger partial charge in [-0.2, -0.15) is 0 Å². The number of fused-ring (bicyclic) bond motifs is 1. The lowest BCUT2D eigenvalue weighted by Gasteiger charge is -2.13. The van der Waals surface area contributed by atoms with Gasteiger partial charge in [0.25, 0.3) is 11.8 Å². The van der Waals surface area contributed by atoms with E-state index in [0.29, 0.717) is 16.1 Å². The van der Waals surface area contributed by atoms with E-state index in [1.165, 1.54) is 16.2 Å². The van der Waals surface area contributed by atoms with Crippen molar-refractivity contribution in [3.8, 4) is 0 Å². The monoisotopic (exact) mass is 390 g/mol. The fourth-order valence-corrected chi connectivity index (χ4v) is 4.86. The predicted molar refractivity (Wildman–Crippen MR) is 114 cm³/mol. The van der Waals surface area contributed by atoms with E-state index in [9.17, 15) is 9.59 Å². The summed E-state index contributed by atoms with van der Waals surface area (Å²) in [5, 5.41) is 6.63. The predicted octanol–water partition coefficient (Wildman–Crippen LogP) is 5.44. The average molecular weight is 391 g/mol. The number of carbonyl (C=O) groups excluding carboxylic acids is 2. The number of hydrogen-bond donors (Lipinski definition) is 2. The highest BCUT2D eigenvalue weighted by atomic mass is 32.1. The molecule has 28 heavy (non-hydrogen) atoms. The van der Waals surface area contributed by atoms with E-state index in [2.05, 4.69) is 10.6 Å². The van der Waals surface area contributed by atoms with Gasteiger partial charge in [0.05, 0.1) is 5.56 Å². The van der Waals surface area contributed by atoms with Crippen molar-refractivity contribution in [3.05, 3.63) is 81.7 Å². The van der Waals surface area contributed by atoms with Crippen LogP contribution in [0.25, 0.3) is 0 Å². The highest BCUT2D eigenvalue weighted by Gasteiger charge is 2.26. The number of thiophene rings is 1. The molecule has 2 amide bonds. The fourth-order valence-electron chi connectivity index (χ4n) is 3.58. The Hall–Kier alpha value is -2.92. The molecular formula is C23H22N2O2S. The molecule has 142 valence electrons. The highest BCUT2D eigenvalue weighted by Crippen LogP contribution is 2.38. The molecule has 1 aromatic heterocycles. The summed E-state index contributed by atoms with van der Waals surface area (Å²) >= 11 is 1.53. The minimum absolute atomic E-state index is 0.159. The van der Waals surface area contributed by atoms with Gasteiger partial charge in [-0.25, -0.2) is 0 Å². The standard InChI is InChI=1S/C23H22N2O2S/c1-15-8-7-11-17(14-15)24-22(27)20-18-12-5-6-13-19(18)28-23(20)25-21(26)16-9-3-2-4-10-16/h2-4,7-11,14H,5-6,12-13H2,1H3,(H,24,27)(H,25,26). The number of aryl methyl sites for hydroxylation is 2. The van der Waals surface area contributed by atoms with Gasteiger partial charge >= 0.3 is 0 Å². The van der Waals surface area contributed by atoms with Gasteiger partial charge in [0.2, 0.25) is 0 Å². The Kier molecular flexibility index (Phi) is 5.26. The van der Waals surface area contributed by atoms with Gasteiger partial charge in [-0.3, -0.25) is 9.59 Å². The third-order valence-corrected chi connectivity index (χ3v) is 6.14. The molecule has 0 aliphatic heterocycles. The normalized spacial score (nSPS) is 12.9. The lowest BCUT2D eigenvalue weighted by atomic mass is 9.95. The van der Waals surface area contributed by atoms with E-state index in [1.54, 1.807) is 12.1 Å². The Morgan fingerprint density at radius 1 is 0.893 bits per heavy atom. The molecule has 0 unspecified atom stereocenters. The van der Waals surface area contributed by atoms with Crippen molar-refractivity contribution in [2.75, 3.05) is 10.6 Å². The minimum atomic E-state index is -0.191. The third kappa shape index (κ3) is 3.85. The molecule has 0 saturated heterocycles. The maximum absolute atomic E-state index is 13.1. The van der Waals surface area contributed by atoms with Crippen LogP contribution in [0.15, 0.2) is 54.6 Å². The Bertz CT molecular complexity index is 1020. The Balaban J connectivity index is 1.66. The van der Waals surface area contributed by atoms with E-state index >= 15 is 0 Å². The van der Waals surface area contributed by atoms with Crippen molar-refractivity contribution >= 4 is 33.8 Å². The lowest BCUT2D eigenvalue weighted by Crippen LogP contribution is -2.18. The summed E-state index contributed by atoms with van der Waals surface area (Å²) in [4.78, 5) is 27.0. The smallest absolute Gasteiger partial charge is 0.258 e. The first kappa shape index (κ1) is 18.4. The summed E-state index contributed by atoms with van der Waals surface area (Å²) < 4.78 is 0. The molecule has 0 saturated carbocycles. The maximum atomic E-state index is 13.1. The molecular weight excluding hydrogens is 368 g/mol. The molecule has 0 radical (unpaired) electrons. The molecule has 4 nitrogen and oxygen atoms in total. The first-order valence-corrected chi connectivity index (χ1v) is 10.3. The molecule has 0 atom stereocenters. The van der Waals surface area contributed by atoms with Crippen LogP contribution >= 0.6 is 11.3 Å². The first-order valence-electron chi connectivity index (χ1n) is 9.51. The Morgan fingerprint density at radius 3 is 2.46 bits per heavy atom. The molecule has 5 heteroatoms. The maximum Gasteiger partial charge on any atom is 0.258 e. The van der Waals surface area contributed by atoms with Gasteiger partial charge in [-0.15, -0.1) is 11.3 Å². The van der Waals surface area contributed by atoms with Crippen LogP contribution in [0.4, 0.5) is 10.7 Å². The summed E-state index contributed by atoms with van der Waals surface area (Å²) in [6.07, 6.45) is 4.04. The topological polar surface area (TPSA) is 58.2 Å². The molecule has 1 aliphatic carbocycles. The van der Waals surface area contributed by atoms with Crippen LogP contribution in [0.1, 0.15) is 49.6 Å². The molecule has 3 aromatic rings. The lowest BCUT2D eigenvalue weighted by molar-refractivity contribution is 0.102. The fraction of sp³-hybridized carbons (Fsp3) is 0.217. The number of benzene rings is 2. The molecule has 0 spiro atoms.